The van der Waals surface area contributed by atoms with E-state index in [0.29, 0.717) is 76.4 Å². The van der Waals surface area contributed by atoms with Gasteiger partial charge in [-0.25, -0.2) is 29.3 Å². The van der Waals surface area contributed by atoms with Crippen LogP contribution in [0.2, 0.25) is 0 Å². The van der Waals surface area contributed by atoms with E-state index < -0.39 is 83.7 Å². The van der Waals surface area contributed by atoms with Crippen molar-refractivity contribution in [2.75, 3.05) is 34.0 Å². The van der Waals surface area contributed by atoms with Crippen molar-refractivity contribution in [3.8, 4) is 0 Å². The van der Waals surface area contributed by atoms with Gasteiger partial charge in [0.25, 0.3) is 28.5 Å². The second-order valence-corrected chi connectivity index (χ2v) is 32.1. The van der Waals surface area contributed by atoms with E-state index in [4.69, 9.17) is 10.8 Å². The number of carbonyl (C=O) groups excluding carboxylic acids is 4. The smallest absolute Gasteiger partial charge is 0.870 e. The molecule has 3 aromatic carbocycles. The maximum Gasteiger partial charge on any atom is 1.00 e. The van der Waals surface area contributed by atoms with Crippen LogP contribution >= 0.6 is 12.4 Å². The Labute approximate surface area is 692 Å². The van der Waals surface area contributed by atoms with E-state index in [9.17, 15) is 63.6 Å². The molecule has 29 nitrogen and oxygen atoms in total. The molecule has 12 atom stereocenters. The summed E-state index contributed by atoms with van der Waals surface area (Å²) in [6.07, 6.45) is 40.0. The second-order valence-electron chi connectivity index (χ2n) is 32.1. The van der Waals surface area contributed by atoms with Gasteiger partial charge >= 0.3 is 53.4 Å². The maximum absolute atomic E-state index is 13.8. The number of hydrogen-bond acceptors (Lipinski definition) is 22. The molecular weight excluding hydrogens is 1500 g/mol. The number of esters is 2. The molecule has 6 saturated heterocycles. The van der Waals surface area contributed by atoms with Gasteiger partial charge in [-0.3, -0.25) is 43.5 Å². The fraction of sp³-hybridized carbons (Fsp3) is 0.639. The molecule has 9 fully saturated rings. The predicted molar refractivity (Wildman–Crippen MR) is 427 cm³/mol. The van der Waals surface area contributed by atoms with E-state index in [1.54, 1.807) is 38.0 Å². The first kappa shape index (κ1) is 90.8. The molecule has 0 spiro atoms. The average Bonchev–Trinajstić information content (AvgIpc) is 1.39. The number of nitrogens with one attached hydrogen (secondary N) is 2. The van der Waals surface area contributed by atoms with Crippen molar-refractivity contribution in [2.45, 2.75) is 303 Å². The maximum atomic E-state index is 13.8. The van der Waals surface area contributed by atoms with Gasteiger partial charge in [0, 0.05) is 72.5 Å². The first-order chi connectivity index (χ1) is 53.8. The Kier molecular flexibility index (Phi) is 34.1. The molecule has 3 saturated carbocycles. The molecule has 9 heterocycles. The van der Waals surface area contributed by atoms with E-state index in [0.717, 1.165) is 75.2 Å². The molecule has 10 N–H and O–H groups in total. The number of benzene rings is 3. The number of aromatic carboxylic acids is 1. The number of carbonyl (C=O) groups is 6. The Morgan fingerprint density at radius 2 is 0.675 bits per heavy atom. The van der Waals surface area contributed by atoms with Gasteiger partial charge in [-0.15, -0.1) is 12.4 Å². The van der Waals surface area contributed by atoms with Gasteiger partial charge in [0.2, 0.25) is 5.69 Å². The zero-order valence-electron chi connectivity index (χ0n) is 66.2. The zero-order valence-corrected chi connectivity index (χ0v) is 69.0. The molecule has 114 heavy (non-hydrogen) atoms. The van der Waals surface area contributed by atoms with Gasteiger partial charge in [-0.05, 0) is 152 Å². The Balaban J connectivity index is 0.000000185. The van der Waals surface area contributed by atoms with Crippen molar-refractivity contribution < 1.29 is 98.8 Å². The summed E-state index contributed by atoms with van der Waals surface area (Å²) in [6.45, 7) is -1.78. The quantitative estimate of drug-likeness (QED) is 0.0389. The van der Waals surface area contributed by atoms with Crippen molar-refractivity contribution in [2.24, 2.45) is 5.73 Å². The summed E-state index contributed by atoms with van der Waals surface area (Å²) in [7, 11) is 2.40. The first-order valence-electron chi connectivity index (χ1n) is 41.0. The minimum Gasteiger partial charge on any atom is -0.870 e. The number of aromatic nitrogens is 6. The Hall–Kier alpha value is -7.13. The van der Waals surface area contributed by atoms with E-state index in [1.807, 2.05) is 48.5 Å². The number of nitrogens with zero attached hydrogens (tertiary/aromatic N) is 9. The van der Waals surface area contributed by atoms with Crippen LogP contribution in [0.1, 0.15) is 261 Å². The van der Waals surface area contributed by atoms with Crippen LogP contribution in [-0.4, -0.2) is 217 Å². The van der Waals surface area contributed by atoms with Crippen molar-refractivity contribution >= 4 is 81.2 Å². The number of aliphatic hydroxyl groups is 3. The predicted octanol–water partition coefficient (Wildman–Crippen LogP) is 5.90. The number of para-hydroxylation sites is 6. The monoisotopic (exact) mass is 1610 g/mol. The summed E-state index contributed by atoms with van der Waals surface area (Å²) < 4.78 is 14.1. The van der Waals surface area contributed by atoms with Crippen LogP contribution in [0.4, 0.5) is 0 Å². The van der Waals surface area contributed by atoms with Crippen LogP contribution < -0.4 is 62.6 Å². The number of amides is 2. The van der Waals surface area contributed by atoms with Crippen molar-refractivity contribution in [3.63, 3.8) is 0 Å². The minimum absolute atomic E-state index is 0. The van der Waals surface area contributed by atoms with Crippen molar-refractivity contribution in [3.05, 3.63) is 121 Å². The van der Waals surface area contributed by atoms with Crippen LogP contribution in [-0.2, 0) is 23.9 Å². The van der Waals surface area contributed by atoms with Crippen LogP contribution in [0.25, 0.3) is 33.1 Å². The van der Waals surface area contributed by atoms with Crippen LogP contribution in [0, 0.1) is 0 Å². The molecule has 15 rings (SSSR count). The van der Waals surface area contributed by atoms with E-state index in [2.05, 4.69) is 49.8 Å². The summed E-state index contributed by atoms with van der Waals surface area (Å²) >= 11 is 0. The van der Waals surface area contributed by atoms with Crippen LogP contribution in [0.15, 0.2) is 87.2 Å². The van der Waals surface area contributed by atoms with Crippen molar-refractivity contribution in [1.82, 2.24) is 54.0 Å². The number of hydrogen-bond donors (Lipinski definition) is 8. The molecule has 9 aliphatic rings. The topological polar surface area (TPSA) is 416 Å². The zero-order chi connectivity index (χ0) is 78.4. The molecule has 6 aromatic rings. The van der Waals surface area contributed by atoms with E-state index >= 15 is 0 Å². The third-order valence-corrected chi connectivity index (χ3v) is 25.4. The Bertz CT molecular complexity index is 4390. The van der Waals surface area contributed by atoms with Crippen LogP contribution in [0.3, 0.4) is 0 Å². The number of carboxylic acid groups (broad SMARTS) is 2. The molecule has 0 radical (unpaired) electrons. The van der Waals surface area contributed by atoms with Gasteiger partial charge in [0.1, 0.15) is 6.04 Å². The number of halogens is 1. The van der Waals surface area contributed by atoms with Gasteiger partial charge in [-0.1, -0.05) is 133 Å². The number of aliphatic hydroxyl groups excluding tert-OH is 3. The summed E-state index contributed by atoms with van der Waals surface area (Å²) in [5, 5.41) is 50.5. The molecule has 2 amide bonds. The third-order valence-electron chi connectivity index (χ3n) is 25.4. The molecular formula is C83H116ClN12NaO17. The summed E-state index contributed by atoms with van der Waals surface area (Å²) in [5.74, 6) is -5.65. The number of piperidine rings is 3. The first-order valence-corrected chi connectivity index (χ1v) is 41.0. The number of carboxylic acids is 2. The van der Waals surface area contributed by atoms with E-state index in [-0.39, 0.29) is 89.3 Å². The number of fused-ring (bicyclic) bond motifs is 9. The largest absolute Gasteiger partial charge is 1.00 e. The standard InChI is InChI=1S/C28H38N4O5.C27H36N4O5.C24H31N3O3.C4H9NO3.ClH.Na.H2O/c1-37-28(36)23(17-33)30-26(34)25-27(35)32(24-12-8-7-11-22(24)29-25)21-15-19-13-14-20(16-21)31(19)18-9-5-3-2-4-6-10-18;32-16-22(27(35)36)29-25(33)24-26(34)31(23-11-7-6-10-21(23)28-24)20-14-18-12-13-19(15-20)30(18)17-8-4-2-1-3-5-9-17;28-23-22(24(29)30)25-20-10-6-7-11-21(20)27(23)19-14-17-12-13-18(15-19)26(17)16-8-4-2-1-3-5-9-16;1-8-4(7)3(5)2-6;;;/h7-8,11-12,18-21,23,33H,2-6,9-10,13-17H2,1H3,(H,30,34);6-7,10-11,17-20,22,32H,1-5,8-9,12-16H2,(H,29,33)(H,35,36);6-7,10-11,16-19H,1-5,8-9,12-15H2,(H,29,30);3,6H,2,5H2,1H3;1H;;1H2/q;;;;;+1;/p-1/t19-,20+,21?,23-;18-,19+,20?,22-;17-,18+,19?;3-;;;/m00.0.../s1. The molecule has 618 valence electrons. The number of nitrogens with two attached hydrogens (primary N) is 1. The number of rotatable bonds is 17. The van der Waals surface area contributed by atoms with E-state index in [1.165, 1.54) is 162 Å². The third kappa shape index (κ3) is 20.9. The molecule has 3 aromatic heterocycles. The number of aliphatic carboxylic acids is 1. The van der Waals surface area contributed by atoms with Crippen molar-refractivity contribution in [1.29, 1.82) is 0 Å². The Morgan fingerprint density at radius 1 is 0.404 bits per heavy atom. The van der Waals surface area contributed by atoms with Gasteiger partial charge in [0.15, 0.2) is 23.5 Å². The summed E-state index contributed by atoms with van der Waals surface area (Å²) in [6, 6.07) is 23.2. The van der Waals surface area contributed by atoms with Crippen LogP contribution in [0.5, 0.6) is 0 Å². The molecule has 6 aliphatic heterocycles. The van der Waals surface area contributed by atoms with Gasteiger partial charge < -0.3 is 70.6 Å². The van der Waals surface area contributed by atoms with Gasteiger partial charge in [-0.2, -0.15) is 0 Å². The Morgan fingerprint density at radius 3 is 0.939 bits per heavy atom. The molecule has 6 bridgehead atoms. The molecule has 3 aliphatic carbocycles. The minimum atomic E-state index is -1.50. The number of ether oxygens (including phenoxy) is 2. The fourth-order valence-electron chi connectivity index (χ4n) is 20.3. The SMILES string of the molecule is COC(=O)[C@@H](N)CO.COC(=O)[C@H](CO)NC(=O)c1nc2ccccc2n(C2C[C@H]3CC[C@@H](C2)N3C2CCCCCCC2)c1=O.Cl.O=C(N[C@@H](CO)C(=O)O)c1nc2ccccc2n(C2C[C@H]3CC[C@@H](C2)N3C2CCCCCCC2)c1=O.O=C(O)c1nc2ccccc2n(C2C[C@H]3CC[C@@H](C2)N3C2CCCCCCC2)c1=O.[Na+].[OH-]. The normalized spacial score (nSPS) is 25.1. The number of methoxy groups -OCH3 is 2. The fourth-order valence-corrected chi connectivity index (χ4v) is 20.3. The average molecular weight is 1610 g/mol. The van der Waals surface area contributed by atoms with Gasteiger partial charge in [0.05, 0.1) is 67.1 Å². The molecule has 31 heteroatoms. The molecule has 3 unspecified atom stereocenters. The summed E-state index contributed by atoms with van der Waals surface area (Å²) in [5.41, 5.74) is 6.47. The summed E-state index contributed by atoms with van der Waals surface area (Å²) in [4.78, 5) is 133. The second kappa shape index (κ2) is 42.8.